The standard InChI is InChI=1S/C13H19N3O4/c1-9(2)15(8-4-5-11(17)18)13-12(16(19)20)10(3)6-7-14-13/h6-7,9H,4-5,8H2,1-3H3,(H,17,18). The van der Waals surface area contributed by atoms with Crippen molar-refractivity contribution in [2.24, 2.45) is 0 Å². The molecule has 1 heterocycles. The highest BCUT2D eigenvalue weighted by atomic mass is 16.6. The Kier molecular flexibility index (Phi) is 5.42. The first-order valence-corrected chi connectivity index (χ1v) is 6.43. The molecule has 0 aliphatic rings. The molecule has 0 saturated heterocycles. The number of nitrogens with zero attached hydrogens (tertiary/aromatic N) is 3. The third kappa shape index (κ3) is 3.91. The largest absolute Gasteiger partial charge is 0.481 e. The zero-order valence-electron chi connectivity index (χ0n) is 11.9. The number of nitro groups is 1. The minimum Gasteiger partial charge on any atom is -0.481 e. The highest BCUT2D eigenvalue weighted by Gasteiger charge is 2.25. The summed E-state index contributed by atoms with van der Waals surface area (Å²) in [7, 11) is 0. The predicted molar refractivity (Wildman–Crippen MR) is 75.0 cm³/mol. The third-order valence-electron chi connectivity index (χ3n) is 2.97. The summed E-state index contributed by atoms with van der Waals surface area (Å²) in [5.41, 5.74) is 0.528. The van der Waals surface area contributed by atoms with Crippen molar-refractivity contribution in [3.63, 3.8) is 0 Å². The van der Waals surface area contributed by atoms with Gasteiger partial charge < -0.3 is 10.0 Å². The van der Waals surface area contributed by atoms with E-state index in [1.165, 1.54) is 6.20 Å². The fraction of sp³-hybridized carbons (Fsp3) is 0.538. The quantitative estimate of drug-likeness (QED) is 0.608. The second kappa shape index (κ2) is 6.83. The molecule has 0 saturated carbocycles. The summed E-state index contributed by atoms with van der Waals surface area (Å²) in [6.07, 6.45) is 1.98. The first-order valence-electron chi connectivity index (χ1n) is 6.43. The molecular formula is C13H19N3O4. The minimum atomic E-state index is -0.875. The molecule has 0 aromatic carbocycles. The van der Waals surface area contributed by atoms with Crippen LogP contribution in [0.3, 0.4) is 0 Å². The number of hydrogen-bond acceptors (Lipinski definition) is 5. The van der Waals surface area contributed by atoms with Crippen molar-refractivity contribution in [1.82, 2.24) is 4.98 Å². The second-order valence-electron chi connectivity index (χ2n) is 4.84. The first-order chi connectivity index (χ1) is 9.34. The van der Waals surface area contributed by atoms with E-state index < -0.39 is 10.9 Å². The van der Waals surface area contributed by atoms with Gasteiger partial charge in [0.1, 0.15) is 0 Å². The number of aromatic nitrogens is 1. The molecule has 20 heavy (non-hydrogen) atoms. The fourth-order valence-corrected chi connectivity index (χ4v) is 1.98. The Bertz CT molecular complexity index is 502. The summed E-state index contributed by atoms with van der Waals surface area (Å²) in [5.74, 6) is -0.573. The van der Waals surface area contributed by atoms with Gasteiger partial charge in [0.2, 0.25) is 5.82 Å². The van der Waals surface area contributed by atoms with Crippen LogP contribution < -0.4 is 4.90 Å². The van der Waals surface area contributed by atoms with Crippen LogP contribution >= 0.6 is 0 Å². The number of rotatable bonds is 7. The van der Waals surface area contributed by atoms with Gasteiger partial charge in [0.25, 0.3) is 0 Å². The van der Waals surface area contributed by atoms with Crippen molar-refractivity contribution in [3.05, 3.63) is 27.9 Å². The SMILES string of the molecule is Cc1ccnc(N(CCCC(=O)O)C(C)C)c1[N+](=O)[O-]. The normalized spacial score (nSPS) is 10.6. The van der Waals surface area contributed by atoms with E-state index in [1.807, 2.05) is 13.8 Å². The van der Waals surface area contributed by atoms with Crippen LogP contribution in [0.2, 0.25) is 0 Å². The van der Waals surface area contributed by atoms with E-state index in [4.69, 9.17) is 5.11 Å². The predicted octanol–water partition coefficient (Wildman–Crippen LogP) is 2.38. The lowest BCUT2D eigenvalue weighted by atomic mass is 10.2. The highest BCUT2D eigenvalue weighted by molar-refractivity contribution is 5.67. The van der Waals surface area contributed by atoms with Gasteiger partial charge >= 0.3 is 11.7 Å². The van der Waals surface area contributed by atoms with Gasteiger partial charge in [0, 0.05) is 30.8 Å². The maximum Gasteiger partial charge on any atom is 0.314 e. The van der Waals surface area contributed by atoms with Crippen LogP contribution in [0.25, 0.3) is 0 Å². The Morgan fingerprint density at radius 2 is 2.20 bits per heavy atom. The van der Waals surface area contributed by atoms with E-state index in [2.05, 4.69) is 4.98 Å². The lowest BCUT2D eigenvalue weighted by Gasteiger charge is -2.27. The third-order valence-corrected chi connectivity index (χ3v) is 2.97. The van der Waals surface area contributed by atoms with Crippen LogP contribution in [-0.4, -0.2) is 33.6 Å². The zero-order chi connectivity index (χ0) is 15.3. The number of pyridine rings is 1. The van der Waals surface area contributed by atoms with Crippen molar-refractivity contribution in [2.75, 3.05) is 11.4 Å². The molecule has 1 aromatic heterocycles. The smallest absolute Gasteiger partial charge is 0.314 e. The van der Waals surface area contributed by atoms with Crippen molar-refractivity contribution >= 4 is 17.5 Å². The van der Waals surface area contributed by atoms with E-state index in [1.54, 1.807) is 17.9 Å². The van der Waals surface area contributed by atoms with Crippen LogP contribution in [0.5, 0.6) is 0 Å². The molecule has 1 rings (SSSR count). The number of carboxylic acid groups (broad SMARTS) is 1. The summed E-state index contributed by atoms with van der Waals surface area (Å²) in [4.78, 5) is 27.2. The summed E-state index contributed by atoms with van der Waals surface area (Å²) in [6, 6.07) is 1.59. The van der Waals surface area contributed by atoms with Crippen LogP contribution in [0.15, 0.2) is 12.3 Å². The molecule has 1 N–H and O–H groups in total. The van der Waals surface area contributed by atoms with Crippen LogP contribution in [-0.2, 0) is 4.79 Å². The molecule has 110 valence electrons. The summed E-state index contributed by atoms with van der Waals surface area (Å²) in [5, 5.41) is 19.9. The summed E-state index contributed by atoms with van der Waals surface area (Å²) >= 11 is 0. The van der Waals surface area contributed by atoms with E-state index in [9.17, 15) is 14.9 Å². The molecule has 7 nitrogen and oxygen atoms in total. The van der Waals surface area contributed by atoms with E-state index in [-0.39, 0.29) is 18.2 Å². The maximum absolute atomic E-state index is 11.2. The lowest BCUT2D eigenvalue weighted by molar-refractivity contribution is -0.384. The lowest BCUT2D eigenvalue weighted by Crippen LogP contribution is -2.33. The van der Waals surface area contributed by atoms with Gasteiger partial charge in [-0.1, -0.05) is 0 Å². The molecule has 7 heteroatoms. The molecule has 0 fully saturated rings. The van der Waals surface area contributed by atoms with Gasteiger partial charge in [-0.25, -0.2) is 4.98 Å². The van der Waals surface area contributed by atoms with Crippen molar-refractivity contribution in [3.8, 4) is 0 Å². The van der Waals surface area contributed by atoms with E-state index in [0.717, 1.165) is 0 Å². The van der Waals surface area contributed by atoms with Crippen LogP contribution in [0.1, 0.15) is 32.3 Å². The minimum absolute atomic E-state index is 0.00297. The average Bonchev–Trinajstić information content (AvgIpc) is 2.33. The first kappa shape index (κ1) is 15.9. The molecule has 0 aliphatic carbocycles. The molecule has 0 amide bonds. The van der Waals surface area contributed by atoms with Gasteiger partial charge in [-0.15, -0.1) is 0 Å². The molecule has 0 bridgehead atoms. The Balaban J connectivity index is 3.06. The average molecular weight is 281 g/mol. The highest BCUT2D eigenvalue weighted by Crippen LogP contribution is 2.30. The maximum atomic E-state index is 11.2. The van der Waals surface area contributed by atoms with Gasteiger partial charge in [-0.05, 0) is 33.3 Å². The Hall–Kier alpha value is -2.18. The van der Waals surface area contributed by atoms with E-state index in [0.29, 0.717) is 24.3 Å². The van der Waals surface area contributed by atoms with Gasteiger partial charge in [-0.2, -0.15) is 0 Å². The van der Waals surface area contributed by atoms with Gasteiger partial charge in [0.15, 0.2) is 0 Å². The van der Waals surface area contributed by atoms with E-state index >= 15 is 0 Å². The Morgan fingerprint density at radius 1 is 1.55 bits per heavy atom. The summed E-state index contributed by atoms with van der Waals surface area (Å²) < 4.78 is 0. The number of aliphatic carboxylic acids is 1. The Labute approximate surface area is 117 Å². The molecule has 0 atom stereocenters. The van der Waals surface area contributed by atoms with Crippen LogP contribution in [0, 0.1) is 17.0 Å². The van der Waals surface area contributed by atoms with Crippen molar-refractivity contribution in [1.29, 1.82) is 0 Å². The number of hydrogen-bond donors (Lipinski definition) is 1. The molecule has 1 aromatic rings. The fourth-order valence-electron chi connectivity index (χ4n) is 1.98. The number of carbonyl (C=O) groups is 1. The molecule has 0 aliphatic heterocycles. The molecule has 0 spiro atoms. The number of anilines is 1. The Morgan fingerprint density at radius 3 is 2.70 bits per heavy atom. The van der Waals surface area contributed by atoms with Crippen LogP contribution in [0.4, 0.5) is 11.5 Å². The summed E-state index contributed by atoms with van der Waals surface area (Å²) in [6.45, 7) is 5.88. The van der Waals surface area contributed by atoms with Crippen molar-refractivity contribution in [2.45, 2.75) is 39.7 Å². The zero-order valence-corrected chi connectivity index (χ0v) is 11.9. The molecule has 0 unspecified atom stereocenters. The molecular weight excluding hydrogens is 262 g/mol. The number of carboxylic acids is 1. The van der Waals surface area contributed by atoms with Gasteiger partial charge in [0.05, 0.1) is 4.92 Å². The van der Waals surface area contributed by atoms with Gasteiger partial charge in [-0.3, -0.25) is 14.9 Å². The van der Waals surface area contributed by atoms with Crippen molar-refractivity contribution < 1.29 is 14.8 Å². The topological polar surface area (TPSA) is 96.6 Å². The molecule has 0 radical (unpaired) electrons. The second-order valence-corrected chi connectivity index (χ2v) is 4.84. The number of aryl methyl sites for hydroxylation is 1. The monoisotopic (exact) mass is 281 g/mol.